The third-order valence-corrected chi connectivity index (χ3v) is 7.62. The van der Waals surface area contributed by atoms with Crippen molar-refractivity contribution in [3.8, 4) is 17.2 Å². The summed E-state index contributed by atoms with van der Waals surface area (Å²) in [5.74, 6) is -5.98. The number of aromatic hydroxyl groups is 2. The van der Waals surface area contributed by atoms with Crippen molar-refractivity contribution in [2.75, 3.05) is 0 Å². The molecule has 2 N–H and O–H groups in total. The van der Waals surface area contributed by atoms with Gasteiger partial charge < -0.3 is 19.7 Å². The molecular weight excluding hydrogens is 594 g/mol. The van der Waals surface area contributed by atoms with Crippen LogP contribution in [-0.2, 0) is 16.1 Å². The molecule has 0 heterocycles. The van der Waals surface area contributed by atoms with E-state index in [0.29, 0.717) is 32.1 Å². The van der Waals surface area contributed by atoms with Gasteiger partial charge in [-0.1, -0.05) is 90.7 Å². The molecule has 0 amide bonds. The van der Waals surface area contributed by atoms with E-state index in [1.54, 1.807) is 0 Å². The monoisotopic (exact) mass is 641 g/mol. The van der Waals surface area contributed by atoms with Gasteiger partial charge in [0.25, 0.3) is 5.69 Å². The number of nitrogens with zero attached hydrogens (tertiary/aromatic N) is 1. The van der Waals surface area contributed by atoms with Crippen LogP contribution in [0.3, 0.4) is 0 Å². The molecule has 46 heavy (non-hydrogen) atoms. The SMILES string of the molecule is CCCCCCC(=O)Oc1c(O)c(O)c(C(=O)CCCCCC)c(C(=O)OCc2cccc([N+](=O)[O-])c2)c1C(=O)CCCCCC. The van der Waals surface area contributed by atoms with E-state index >= 15 is 0 Å². The summed E-state index contributed by atoms with van der Waals surface area (Å²) in [5, 5.41) is 33.4. The zero-order valence-electron chi connectivity index (χ0n) is 27.2. The molecule has 0 fully saturated rings. The maximum atomic E-state index is 13.8. The number of carbonyl (C=O) groups excluding carboxylic acids is 4. The molecular formula is C35H47NO10. The van der Waals surface area contributed by atoms with E-state index < -0.39 is 69.0 Å². The minimum absolute atomic E-state index is 0.0327. The van der Waals surface area contributed by atoms with Crippen LogP contribution in [0.5, 0.6) is 17.2 Å². The summed E-state index contributed by atoms with van der Waals surface area (Å²) in [6.07, 6.45) is 8.69. The van der Waals surface area contributed by atoms with Crippen LogP contribution in [0, 0.1) is 10.1 Å². The summed E-state index contributed by atoms with van der Waals surface area (Å²) in [5.41, 5.74) is -1.65. The molecule has 0 aliphatic carbocycles. The number of non-ortho nitro benzene ring substituents is 1. The van der Waals surface area contributed by atoms with Crippen LogP contribution in [0.4, 0.5) is 5.69 Å². The first kappa shape index (κ1) is 37.9. The smallest absolute Gasteiger partial charge is 0.340 e. The predicted octanol–water partition coefficient (Wildman–Crippen LogP) is 8.55. The molecule has 252 valence electrons. The molecule has 0 atom stereocenters. The maximum Gasteiger partial charge on any atom is 0.340 e. The lowest BCUT2D eigenvalue weighted by atomic mass is 9.89. The molecule has 0 saturated heterocycles. The number of carbonyl (C=O) groups is 4. The van der Waals surface area contributed by atoms with Gasteiger partial charge in [-0.05, 0) is 24.8 Å². The van der Waals surface area contributed by atoms with Crippen LogP contribution >= 0.6 is 0 Å². The maximum absolute atomic E-state index is 13.8. The second-order valence-electron chi connectivity index (χ2n) is 11.4. The highest BCUT2D eigenvalue weighted by atomic mass is 16.6. The van der Waals surface area contributed by atoms with E-state index in [1.165, 1.54) is 24.3 Å². The Morgan fingerprint density at radius 3 is 1.80 bits per heavy atom. The lowest BCUT2D eigenvalue weighted by Crippen LogP contribution is -2.21. The van der Waals surface area contributed by atoms with Crippen LogP contribution in [-0.4, -0.2) is 38.6 Å². The standard InChI is InChI=1S/C35H47NO10/c1-4-7-10-13-19-26(37)29-31(35(42)45-23-24-17-16-18-25(22-24)36(43)44)30(27(38)20-14-11-8-5-2)34(33(41)32(29)40)46-28(39)21-15-12-9-6-3/h16-18,22,40-41H,4-15,19-21,23H2,1-3H3. The molecule has 0 aliphatic rings. The van der Waals surface area contributed by atoms with Gasteiger partial charge in [-0.2, -0.15) is 0 Å². The van der Waals surface area contributed by atoms with E-state index in [4.69, 9.17) is 9.47 Å². The highest BCUT2D eigenvalue weighted by molar-refractivity contribution is 6.17. The molecule has 0 unspecified atom stereocenters. The number of phenols is 2. The molecule has 0 spiro atoms. The molecule has 11 nitrogen and oxygen atoms in total. The molecule has 0 saturated carbocycles. The van der Waals surface area contributed by atoms with Gasteiger partial charge in [0.05, 0.1) is 21.6 Å². The number of ketones is 2. The molecule has 0 bridgehead atoms. The van der Waals surface area contributed by atoms with Gasteiger partial charge in [0.1, 0.15) is 6.61 Å². The summed E-state index contributed by atoms with van der Waals surface area (Å²) in [6, 6.07) is 5.41. The van der Waals surface area contributed by atoms with Crippen molar-refractivity contribution in [2.45, 2.75) is 124 Å². The van der Waals surface area contributed by atoms with Gasteiger partial charge in [0, 0.05) is 31.4 Å². The van der Waals surface area contributed by atoms with E-state index in [9.17, 15) is 39.5 Å². The minimum atomic E-state index is -1.18. The third-order valence-electron chi connectivity index (χ3n) is 7.62. The summed E-state index contributed by atoms with van der Waals surface area (Å²) < 4.78 is 10.9. The van der Waals surface area contributed by atoms with Gasteiger partial charge in [0.15, 0.2) is 23.1 Å². The number of unbranched alkanes of at least 4 members (excludes halogenated alkanes) is 9. The number of hydrogen-bond donors (Lipinski definition) is 2. The van der Waals surface area contributed by atoms with Crippen molar-refractivity contribution in [3.63, 3.8) is 0 Å². The predicted molar refractivity (Wildman–Crippen MR) is 173 cm³/mol. The van der Waals surface area contributed by atoms with Crippen LogP contribution in [0.1, 0.15) is 154 Å². The normalized spacial score (nSPS) is 10.8. The van der Waals surface area contributed by atoms with Gasteiger partial charge >= 0.3 is 11.9 Å². The molecule has 2 rings (SSSR count). The number of nitro benzene ring substituents is 1. The number of esters is 2. The first-order chi connectivity index (χ1) is 22.1. The Hall–Kier alpha value is -4.28. The third kappa shape index (κ3) is 11.3. The second kappa shape index (κ2) is 20.0. The number of Topliss-reactive ketones (excluding diaryl/α,β-unsaturated/α-hetero) is 2. The van der Waals surface area contributed by atoms with Crippen LogP contribution < -0.4 is 4.74 Å². The Balaban J connectivity index is 2.67. The largest absolute Gasteiger partial charge is 0.504 e. The second-order valence-corrected chi connectivity index (χ2v) is 11.4. The van der Waals surface area contributed by atoms with E-state index in [1.807, 2.05) is 20.8 Å². The fourth-order valence-electron chi connectivity index (χ4n) is 5.06. The fraction of sp³-hybridized carbons (Fsp3) is 0.543. The van der Waals surface area contributed by atoms with Crippen molar-refractivity contribution in [2.24, 2.45) is 0 Å². The summed E-state index contributed by atoms with van der Waals surface area (Å²) in [6.45, 7) is 5.57. The van der Waals surface area contributed by atoms with Crippen molar-refractivity contribution < 1.29 is 43.8 Å². The molecule has 0 aromatic heterocycles. The van der Waals surface area contributed by atoms with Gasteiger partial charge in [-0.25, -0.2) is 4.79 Å². The Morgan fingerprint density at radius 2 is 1.26 bits per heavy atom. The highest BCUT2D eigenvalue weighted by Gasteiger charge is 2.36. The van der Waals surface area contributed by atoms with Gasteiger partial charge in [-0.15, -0.1) is 0 Å². The van der Waals surface area contributed by atoms with E-state index in [0.717, 1.165) is 44.9 Å². The molecule has 2 aromatic carbocycles. The number of phenolic OH excluding ortho intramolecular Hbond substituents is 2. The number of hydrogen-bond acceptors (Lipinski definition) is 10. The van der Waals surface area contributed by atoms with Crippen LogP contribution in [0.2, 0.25) is 0 Å². The number of ether oxygens (including phenoxy) is 2. The zero-order chi connectivity index (χ0) is 34.1. The summed E-state index contributed by atoms with van der Waals surface area (Å²) >= 11 is 0. The topological polar surface area (TPSA) is 170 Å². The number of benzene rings is 2. The Labute approximate surface area is 270 Å². The molecule has 0 radical (unpaired) electrons. The molecule has 2 aromatic rings. The first-order valence-corrected chi connectivity index (χ1v) is 16.4. The summed E-state index contributed by atoms with van der Waals surface area (Å²) in [4.78, 5) is 64.6. The van der Waals surface area contributed by atoms with Crippen molar-refractivity contribution in [3.05, 3.63) is 56.6 Å². The average Bonchev–Trinajstić information content (AvgIpc) is 3.04. The van der Waals surface area contributed by atoms with Gasteiger partial charge in [0.2, 0.25) is 5.75 Å². The lowest BCUT2D eigenvalue weighted by Gasteiger charge is -2.20. The van der Waals surface area contributed by atoms with Crippen molar-refractivity contribution in [1.29, 1.82) is 0 Å². The summed E-state index contributed by atoms with van der Waals surface area (Å²) in [7, 11) is 0. The van der Waals surface area contributed by atoms with Crippen LogP contribution in [0.25, 0.3) is 0 Å². The van der Waals surface area contributed by atoms with Gasteiger partial charge in [-0.3, -0.25) is 24.5 Å². The molecule has 11 heteroatoms. The average molecular weight is 642 g/mol. The number of rotatable bonds is 22. The van der Waals surface area contributed by atoms with Crippen LogP contribution in [0.15, 0.2) is 24.3 Å². The van der Waals surface area contributed by atoms with E-state index in [2.05, 4.69) is 0 Å². The van der Waals surface area contributed by atoms with Crippen molar-refractivity contribution >= 4 is 29.2 Å². The lowest BCUT2D eigenvalue weighted by molar-refractivity contribution is -0.384. The minimum Gasteiger partial charge on any atom is -0.504 e. The first-order valence-electron chi connectivity index (χ1n) is 16.4. The highest BCUT2D eigenvalue weighted by Crippen LogP contribution is 2.46. The molecule has 0 aliphatic heterocycles. The number of nitro groups is 1. The Kier molecular flexibility index (Phi) is 16.5. The quantitative estimate of drug-likeness (QED) is 0.0241. The zero-order valence-corrected chi connectivity index (χ0v) is 27.2. The Morgan fingerprint density at radius 1 is 0.717 bits per heavy atom. The Bertz CT molecular complexity index is 1370. The fourth-order valence-corrected chi connectivity index (χ4v) is 5.06. The van der Waals surface area contributed by atoms with Crippen molar-refractivity contribution in [1.82, 2.24) is 0 Å². The van der Waals surface area contributed by atoms with E-state index in [-0.39, 0.29) is 30.5 Å².